The quantitative estimate of drug-likeness (QED) is 0.0909. The number of aliphatic carboxylic acids is 1. The minimum absolute atomic E-state index is 0. The summed E-state index contributed by atoms with van der Waals surface area (Å²) < 4.78 is 44.7. The molecular weight excluding hydrogens is 444 g/mol. The molecule has 0 bridgehead atoms. The van der Waals surface area contributed by atoms with Crippen molar-refractivity contribution in [2.24, 2.45) is 5.73 Å². The van der Waals surface area contributed by atoms with Gasteiger partial charge in [-0.25, -0.2) is 8.98 Å². The van der Waals surface area contributed by atoms with E-state index in [0.717, 1.165) is 0 Å². The molecule has 0 aromatic rings. The van der Waals surface area contributed by atoms with Crippen molar-refractivity contribution < 1.29 is 61.7 Å². The van der Waals surface area contributed by atoms with Gasteiger partial charge >= 0.3 is 16.4 Å². The van der Waals surface area contributed by atoms with Crippen LogP contribution in [0.3, 0.4) is 0 Å². The molecule has 2 radical (unpaired) electrons. The van der Waals surface area contributed by atoms with Crippen LogP contribution in [0.4, 0.5) is 0 Å². The Morgan fingerprint density at radius 3 is 2.31 bits per heavy atom. The molecule has 0 fully saturated rings. The number of ether oxygens (including phenoxy) is 2. The third kappa shape index (κ3) is 9.55. The second-order valence-electron chi connectivity index (χ2n) is 5.36. The molecule has 1 aliphatic rings. The first-order chi connectivity index (χ1) is 12.4. The van der Waals surface area contributed by atoms with Gasteiger partial charge in [-0.1, -0.05) is 0 Å². The van der Waals surface area contributed by atoms with Gasteiger partial charge in [0.05, 0.1) is 12.6 Å². The fourth-order valence-corrected chi connectivity index (χ4v) is 2.55. The number of hydrogen-bond donors (Lipinski definition) is 7. The summed E-state index contributed by atoms with van der Waals surface area (Å²) in [6.45, 7) is -1.02. The van der Waals surface area contributed by atoms with Gasteiger partial charge in [0.15, 0.2) is 6.10 Å². The van der Waals surface area contributed by atoms with E-state index in [1.165, 1.54) is 0 Å². The first kappa shape index (κ1) is 31.5. The first-order valence-electron chi connectivity index (χ1n) is 7.20. The van der Waals surface area contributed by atoms with Gasteiger partial charge in [0.2, 0.25) is 12.0 Å². The van der Waals surface area contributed by atoms with Crippen molar-refractivity contribution in [2.45, 2.75) is 42.9 Å². The van der Waals surface area contributed by atoms with E-state index >= 15 is 0 Å². The number of carbonyl (C=O) groups is 2. The molecule has 8 N–H and O–H groups in total. The topological polar surface area (TPSA) is 243 Å². The summed E-state index contributed by atoms with van der Waals surface area (Å²) >= 11 is 0. The van der Waals surface area contributed by atoms with Gasteiger partial charge in [0, 0.05) is 59.1 Å². The van der Waals surface area contributed by atoms with Gasteiger partial charge in [0.25, 0.3) is 0 Å². The molecule has 1 aliphatic heterocycles. The summed E-state index contributed by atoms with van der Waals surface area (Å²) in [4.78, 5) is 21.7. The number of hydrogen-bond acceptors (Lipinski definition) is 12. The van der Waals surface area contributed by atoms with Crippen LogP contribution in [0.1, 0.15) is 0 Å². The zero-order chi connectivity index (χ0) is 20.9. The molecule has 1 rings (SSSR count). The molecule has 17 heteroatoms. The van der Waals surface area contributed by atoms with Crippen LogP contribution in [-0.2, 0) is 33.6 Å². The van der Waals surface area contributed by atoms with Gasteiger partial charge in [0.1, 0.15) is 30.7 Å². The molecule has 0 spiro atoms. The Labute approximate surface area is 209 Å². The molecule has 0 aromatic heterocycles. The summed E-state index contributed by atoms with van der Waals surface area (Å²) in [5.41, 5.74) is 5.30. The smallest absolute Gasteiger partial charge is 0.397 e. The average molecular weight is 463 g/mol. The molecule has 14 nitrogen and oxygen atoms in total. The Kier molecular flexibility index (Phi) is 14.8. The molecule has 0 aromatic carbocycles. The van der Waals surface area contributed by atoms with Crippen molar-refractivity contribution in [1.29, 1.82) is 0 Å². The van der Waals surface area contributed by atoms with Gasteiger partial charge in [-0.15, -0.1) is 0 Å². The summed E-state index contributed by atoms with van der Waals surface area (Å²) in [7, 11) is -5.18. The Morgan fingerprint density at radius 2 is 1.90 bits per heavy atom. The van der Waals surface area contributed by atoms with Crippen molar-refractivity contribution in [1.82, 2.24) is 0 Å². The third-order valence-electron chi connectivity index (χ3n) is 3.36. The van der Waals surface area contributed by atoms with E-state index in [2.05, 4.69) is 4.18 Å². The maximum Gasteiger partial charge on any atom is 0.397 e. The fraction of sp³-hybridized carbons (Fsp3) is 0.667. The number of nitrogens with two attached hydrogens (primary N) is 1. The minimum atomic E-state index is -5.18. The van der Waals surface area contributed by atoms with Gasteiger partial charge in [-0.3, -0.25) is 4.55 Å². The molecule has 0 unspecified atom stereocenters. The molecule has 0 saturated heterocycles. The Morgan fingerprint density at radius 1 is 1.34 bits per heavy atom. The Bertz CT molecular complexity index is 675. The normalized spacial score (nSPS) is 25.7. The molecular formula is C12H19NNa2O13S. The molecule has 0 aliphatic carbocycles. The van der Waals surface area contributed by atoms with E-state index in [0.29, 0.717) is 6.08 Å². The van der Waals surface area contributed by atoms with Gasteiger partial charge in [-0.2, -0.15) is 8.42 Å². The zero-order valence-corrected chi connectivity index (χ0v) is 20.2. The van der Waals surface area contributed by atoms with Crippen LogP contribution < -0.4 is 5.73 Å². The van der Waals surface area contributed by atoms with E-state index < -0.39 is 71.6 Å². The van der Waals surface area contributed by atoms with E-state index in [9.17, 15) is 33.3 Å². The maximum atomic E-state index is 11.0. The first-order valence-corrected chi connectivity index (χ1v) is 8.56. The van der Waals surface area contributed by atoms with E-state index in [1.54, 1.807) is 0 Å². The zero-order valence-electron chi connectivity index (χ0n) is 15.4. The number of aliphatic hydroxyl groups excluding tert-OH is 4. The molecule has 7 atom stereocenters. The van der Waals surface area contributed by atoms with Crippen LogP contribution in [0, 0.1) is 0 Å². The molecule has 0 amide bonds. The van der Waals surface area contributed by atoms with Crippen molar-refractivity contribution in [3.63, 3.8) is 0 Å². The van der Waals surface area contributed by atoms with Crippen LogP contribution in [0.25, 0.3) is 0 Å². The molecule has 0 saturated carbocycles. The van der Waals surface area contributed by atoms with Crippen molar-refractivity contribution >= 4 is 81.8 Å². The van der Waals surface area contributed by atoms with Crippen LogP contribution >= 0.6 is 0 Å². The average Bonchev–Trinajstić information content (AvgIpc) is 2.58. The van der Waals surface area contributed by atoms with Crippen molar-refractivity contribution in [3.05, 3.63) is 11.8 Å². The van der Waals surface area contributed by atoms with Gasteiger partial charge in [-0.05, 0) is 6.08 Å². The number of carboxylic acid groups (broad SMARTS) is 1. The largest absolute Gasteiger partial charge is 0.475 e. The van der Waals surface area contributed by atoms with Crippen LogP contribution in [0.5, 0.6) is 0 Å². The van der Waals surface area contributed by atoms with E-state index in [1.807, 2.05) is 0 Å². The number of aliphatic hydroxyl groups is 4. The Hall–Kier alpha value is 0.310. The van der Waals surface area contributed by atoms with Crippen LogP contribution in [-0.4, -0.2) is 159 Å². The number of carboxylic acids is 1. The summed E-state index contributed by atoms with van der Waals surface area (Å²) in [6, 6.07) is -1.62. The van der Waals surface area contributed by atoms with Gasteiger partial charge < -0.3 is 45.5 Å². The van der Waals surface area contributed by atoms with Crippen LogP contribution in [0.15, 0.2) is 11.8 Å². The fourth-order valence-electron chi connectivity index (χ4n) is 2.07. The number of carbonyl (C=O) groups excluding carboxylic acids is 1. The molecule has 158 valence electrons. The maximum absolute atomic E-state index is 11.0. The predicted octanol–water partition coefficient (Wildman–Crippen LogP) is -5.28. The standard InChI is InChI=1S/C12H19NO13S.2Na/c13-4(2-14)8(18)9(6(17)3-15)25-12-10(26-27(21,22)23)5(16)1-7(24-12)11(19)20;;/h1-2,4-6,8-10,12,15-18H,3,13H2,(H,19,20)(H,21,22,23);;/t4-,5-,6+,8+,9+,10+,12-;;/m0../s1. The molecule has 29 heavy (non-hydrogen) atoms. The number of aldehydes is 1. The predicted molar refractivity (Wildman–Crippen MR) is 92.5 cm³/mol. The minimum Gasteiger partial charge on any atom is -0.475 e. The Balaban J connectivity index is 0. The SMILES string of the molecule is N[C@@H](C=O)[C@@H](O)[C@H](O[C@@H]1OC(C(=O)O)=C[C@H](O)[C@H]1OS(=O)(=O)O)[C@H](O)CO.[Na].[Na]. The van der Waals surface area contributed by atoms with Crippen molar-refractivity contribution in [2.75, 3.05) is 6.61 Å². The summed E-state index contributed by atoms with van der Waals surface area (Å²) in [5.74, 6) is -2.61. The van der Waals surface area contributed by atoms with Crippen LogP contribution in [0.2, 0.25) is 0 Å². The molecule has 1 heterocycles. The second kappa shape index (κ2) is 13.7. The second-order valence-corrected chi connectivity index (χ2v) is 6.40. The monoisotopic (exact) mass is 463 g/mol. The summed E-state index contributed by atoms with van der Waals surface area (Å²) in [6.07, 6.45) is -11.3. The van der Waals surface area contributed by atoms with E-state index in [-0.39, 0.29) is 65.4 Å². The van der Waals surface area contributed by atoms with Crippen molar-refractivity contribution in [3.8, 4) is 0 Å². The number of rotatable bonds is 10. The third-order valence-corrected chi connectivity index (χ3v) is 3.82. The van der Waals surface area contributed by atoms with E-state index in [4.69, 9.17) is 30.0 Å². The summed E-state index contributed by atoms with van der Waals surface area (Å²) in [5, 5.41) is 47.6.